The van der Waals surface area contributed by atoms with Crippen LogP contribution >= 0.6 is 11.8 Å². The number of carbonyl (C=O) groups is 3. The lowest BCUT2D eigenvalue weighted by molar-refractivity contribution is -0.126. The number of nitrogens with zero attached hydrogens (tertiary/aromatic N) is 1. The van der Waals surface area contributed by atoms with Crippen molar-refractivity contribution in [1.82, 2.24) is 10.2 Å². The Balaban J connectivity index is 1.92. The molecule has 0 radical (unpaired) electrons. The second kappa shape index (κ2) is 10.3. The van der Waals surface area contributed by atoms with E-state index in [1.807, 2.05) is 6.92 Å². The molecule has 1 aromatic rings. The maximum absolute atomic E-state index is 13.7. The molecule has 0 bridgehead atoms. The molecule has 1 aliphatic heterocycles. The zero-order valence-corrected chi connectivity index (χ0v) is 16.5. The molecule has 1 heterocycles. The monoisotopic (exact) mass is 392 g/mol. The molecule has 1 saturated heterocycles. The molecule has 1 N–H and O–H groups in total. The second-order valence-corrected chi connectivity index (χ2v) is 7.39. The molecule has 1 unspecified atom stereocenters. The Morgan fingerprint density at radius 1 is 1.30 bits per heavy atom. The first kappa shape index (κ1) is 21.2. The van der Waals surface area contributed by atoms with E-state index in [0.717, 1.165) is 42.3 Å². The Hall–Kier alpha value is -2.15. The van der Waals surface area contributed by atoms with E-state index in [0.29, 0.717) is 0 Å². The Labute approximate surface area is 163 Å². The Morgan fingerprint density at radius 2 is 2.04 bits per heavy atom. The van der Waals surface area contributed by atoms with Crippen molar-refractivity contribution < 1.29 is 18.8 Å². The molecule has 1 aliphatic rings. The third kappa shape index (κ3) is 5.66. The van der Waals surface area contributed by atoms with Crippen LogP contribution in [0.3, 0.4) is 0 Å². The van der Waals surface area contributed by atoms with Crippen LogP contribution in [0.5, 0.6) is 0 Å². The van der Waals surface area contributed by atoms with Gasteiger partial charge in [0.15, 0.2) is 0 Å². The lowest BCUT2D eigenvalue weighted by Gasteiger charge is -2.17. The van der Waals surface area contributed by atoms with Crippen molar-refractivity contribution in [3.8, 4) is 0 Å². The fraction of sp³-hybridized carbons (Fsp3) is 0.450. The number of amides is 3. The van der Waals surface area contributed by atoms with Gasteiger partial charge >= 0.3 is 0 Å². The molecule has 1 aromatic carbocycles. The van der Waals surface area contributed by atoms with Gasteiger partial charge in [0.1, 0.15) is 5.82 Å². The van der Waals surface area contributed by atoms with Crippen molar-refractivity contribution in [2.45, 2.75) is 39.5 Å². The normalized spacial score (nSPS) is 16.9. The third-order valence-electron chi connectivity index (χ3n) is 4.47. The molecule has 0 aromatic heterocycles. The van der Waals surface area contributed by atoms with Crippen LogP contribution < -0.4 is 5.32 Å². The average molecular weight is 392 g/mol. The summed E-state index contributed by atoms with van der Waals surface area (Å²) in [5.41, 5.74) is 0.262. The molecule has 3 amide bonds. The van der Waals surface area contributed by atoms with Crippen molar-refractivity contribution in [3.63, 3.8) is 0 Å². The van der Waals surface area contributed by atoms with Crippen LogP contribution in [0.25, 0.3) is 6.08 Å². The van der Waals surface area contributed by atoms with Crippen molar-refractivity contribution in [2.75, 3.05) is 13.1 Å². The van der Waals surface area contributed by atoms with Crippen LogP contribution in [0.1, 0.15) is 45.1 Å². The minimum Gasteiger partial charge on any atom is -0.354 e. The smallest absolute Gasteiger partial charge is 0.293 e. The van der Waals surface area contributed by atoms with E-state index >= 15 is 0 Å². The van der Waals surface area contributed by atoms with Crippen LogP contribution in [0.2, 0.25) is 0 Å². The first-order valence-corrected chi connectivity index (χ1v) is 10.1. The largest absolute Gasteiger partial charge is 0.354 e. The van der Waals surface area contributed by atoms with Gasteiger partial charge in [0, 0.05) is 24.6 Å². The zero-order valence-electron chi connectivity index (χ0n) is 15.7. The first-order valence-electron chi connectivity index (χ1n) is 9.25. The fourth-order valence-corrected chi connectivity index (χ4v) is 3.69. The van der Waals surface area contributed by atoms with Gasteiger partial charge in [-0.05, 0) is 36.7 Å². The van der Waals surface area contributed by atoms with E-state index in [4.69, 9.17) is 0 Å². The van der Waals surface area contributed by atoms with Gasteiger partial charge in [-0.3, -0.25) is 19.3 Å². The SMILES string of the molecule is CCCCC(CC)C(=O)NCCN1C(=O)S/C(=C\c2ccccc2F)C1=O. The van der Waals surface area contributed by atoms with Gasteiger partial charge in [0.05, 0.1) is 4.91 Å². The average Bonchev–Trinajstić information content (AvgIpc) is 2.91. The number of benzene rings is 1. The number of thioether (sulfide) groups is 1. The lowest BCUT2D eigenvalue weighted by atomic mass is 9.98. The summed E-state index contributed by atoms with van der Waals surface area (Å²) in [4.78, 5) is 38.0. The number of rotatable bonds is 9. The summed E-state index contributed by atoms with van der Waals surface area (Å²) >= 11 is 0.785. The predicted octanol–water partition coefficient (Wildman–Crippen LogP) is 4.19. The number of unbranched alkanes of at least 4 members (excludes halogenated alkanes) is 1. The van der Waals surface area contributed by atoms with Crippen LogP contribution in [0.4, 0.5) is 9.18 Å². The highest BCUT2D eigenvalue weighted by Crippen LogP contribution is 2.32. The topological polar surface area (TPSA) is 66.5 Å². The van der Waals surface area contributed by atoms with E-state index in [2.05, 4.69) is 12.2 Å². The van der Waals surface area contributed by atoms with Crippen molar-refractivity contribution in [3.05, 3.63) is 40.6 Å². The molecule has 1 fully saturated rings. The summed E-state index contributed by atoms with van der Waals surface area (Å²) in [6.45, 7) is 4.38. The van der Waals surface area contributed by atoms with Gasteiger partial charge < -0.3 is 5.32 Å². The van der Waals surface area contributed by atoms with Gasteiger partial charge in [-0.25, -0.2) is 4.39 Å². The molecule has 0 aliphatic carbocycles. The van der Waals surface area contributed by atoms with Crippen molar-refractivity contribution >= 4 is 34.9 Å². The molecule has 1 atom stereocenters. The maximum atomic E-state index is 13.7. The maximum Gasteiger partial charge on any atom is 0.293 e. The standard InChI is InChI=1S/C20H25FN2O3S/c1-3-5-8-14(4-2)18(24)22-11-12-23-19(25)17(27-20(23)26)13-15-9-6-7-10-16(15)21/h6-7,9-10,13-14H,3-5,8,11-12H2,1-2H3,(H,22,24)/b17-13-. The zero-order chi connectivity index (χ0) is 19.8. The molecule has 7 heteroatoms. The quantitative estimate of drug-likeness (QED) is 0.640. The summed E-state index contributed by atoms with van der Waals surface area (Å²) in [5, 5.41) is 2.40. The number of imide groups is 1. The molecule has 2 rings (SSSR count). The number of hydrogen-bond acceptors (Lipinski definition) is 4. The Morgan fingerprint density at radius 3 is 2.70 bits per heavy atom. The number of nitrogens with one attached hydrogen (secondary N) is 1. The number of halogens is 1. The predicted molar refractivity (Wildman–Crippen MR) is 105 cm³/mol. The number of carbonyl (C=O) groups excluding carboxylic acids is 3. The van der Waals surface area contributed by atoms with E-state index < -0.39 is 17.0 Å². The minimum absolute atomic E-state index is 0.0409. The van der Waals surface area contributed by atoms with Gasteiger partial charge in [-0.2, -0.15) is 0 Å². The van der Waals surface area contributed by atoms with E-state index in [-0.39, 0.29) is 35.4 Å². The highest BCUT2D eigenvalue weighted by Gasteiger charge is 2.34. The summed E-state index contributed by atoms with van der Waals surface area (Å²) in [7, 11) is 0. The Kier molecular flexibility index (Phi) is 8.03. The van der Waals surface area contributed by atoms with E-state index in [1.54, 1.807) is 18.2 Å². The van der Waals surface area contributed by atoms with E-state index in [9.17, 15) is 18.8 Å². The molecule has 0 saturated carbocycles. The van der Waals surface area contributed by atoms with Crippen LogP contribution in [0, 0.1) is 11.7 Å². The van der Waals surface area contributed by atoms with Gasteiger partial charge in [-0.15, -0.1) is 0 Å². The van der Waals surface area contributed by atoms with Crippen molar-refractivity contribution in [1.29, 1.82) is 0 Å². The third-order valence-corrected chi connectivity index (χ3v) is 5.38. The highest BCUT2D eigenvalue weighted by atomic mass is 32.2. The summed E-state index contributed by atoms with van der Waals surface area (Å²) in [6, 6.07) is 6.07. The van der Waals surface area contributed by atoms with Crippen LogP contribution in [-0.4, -0.2) is 35.0 Å². The minimum atomic E-state index is -0.458. The van der Waals surface area contributed by atoms with Gasteiger partial charge in [0.25, 0.3) is 11.1 Å². The fourth-order valence-electron chi connectivity index (χ4n) is 2.83. The highest BCUT2D eigenvalue weighted by molar-refractivity contribution is 8.18. The van der Waals surface area contributed by atoms with Gasteiger partial charge in [-0.1, -0.05) is 44.9 Å². The van der Waals surface area contributed by atoms with Crippen LogP contribution in [0.15, 0.2) is 29.2 Å². The van der Waals surface area contributed by atoms with E-state index in [1.165, 1.54) is 12.1 Å². The molecule has 146 valence electrons. The van der Waals surface area contributed by atoms with Gasteiger partial charge in [0.2, 0.25) is 5.91 Å². The summed E-state index contributed by atoms with van der Waals surface area (Å²) in [5.74, 6) is -0.990. The van der Waals surface area contributed by atoms with Crippen LogP contribution in [-0.2, 0) is 9.59 Å². The first-order chi connectivity index (χ1) is 13.0. The molecular formula is C20H25FN2O3S. The lowest BCUT2D eigenvalue weighted by Crippen LogP contribution is -2.39. The summed E-state index contributed by atoms with van der Waals surface area (Å²) in [6.07, 6.45) is 5.02. The molecular weight excluding hydrogens is 367 g/mol. The summed E-state index contributed by atoms with van der Waals surface area (Å²) < 4.78 is 13.7. The Bertz CT molecular complexity index is 736. The molecule has 27 heavy (non-hydrogen) atoms. The molecule has 5 nitrogen and oxygen atoms in total. The van der Waals surface area contributed by atoms with Crippen molar-refractivity contribution in [2.24, 2.45) is 5.92 Å². The second-order valence-electron chi connectivity index (χ2n) is 6.39. The number of hydrogen-bond donors (Lipinski definition) is 1. The molecule has 0 spiro atoms.